The first kappa shape index (κ1) is 22.6. The number of hydrogen-bond donors (Lipinski definition) is 1. The van der Waals surface area contributed by atoms with E-state index in [-0.39, 0.29) is 17.6 Å². The number of carbonyl (C=O) groups excluding carboxylic acids is 1. The highest BCUT2D eigenvalue weighted by Gasteiger charge is 2.30. The summed E-state index contributed by atoms with van der Waals surface area (Å²) in [4.78, 5) is 15.0. The average molecular weight is 477 g/mol. The van der Waals surface area contributed by atoms with Crippen LogP contribution in [0.15, 0.2) is 52.9 Å². The van der Waals surface area contributed by atoms with Crippen molar-refractivity contribution >= 4 is 5.91 Å². The summed E-state index contributed by atoms with van der Waals surface area (Å²) in [6, 6.07) is 13.0. The number of piperidine rings is 1. The van der Waals surface area contributed by atoms with Crippen LogP contribution in [-0.4, -0.2) is 58.5 Å². The van der Waals surface area contributed by atoms with Crippen LogP contribution in [0.4, 0.5) is 4.39 Å². The Kier molecular flexibility index (Phi) is 6.17. The van der Waals surface area contributed by atoms with Gasteiger partial charge in [0.1, 0.15) is 23.0 Å². The molecule has 2 aromatic heterocycles. The molecule has 2 aromatic carbocycles. The van der Waals surface area contributed by atoms with Crippen LogP contribution in [0.2, 0.25) is 0 Å². The van der Waals surface area contributed by atoms with Gasteiger partial charge >= 0.3 is 0 Å². The number of amides is 1. The molecule has 0 spiro atoms. The molecule has 3 heterocycles. The summed E-state index contributed by atoms with van der Waals surface area (Å²) in [5, 5.41) is 15.5. The van der Waals surface area contributed by atoms with Crippen LogP contribution in [-0.2, 0) is 0 Å². The summed E-state index contributed by atoms with van der Waals surface area (Å²) in [5.74, 6) is 1.51. The van der Waals surface area contributed by atoms with E-state index in [1.807, 2.05) is 6.07 Å². The molecule has 0 radical (unpaired) electrons. The lowest BCUT2D eigenvalue weighted by molar-refractivity contribution is 0.0692. The molecule has 1 aliphatic rings. The fourth-order valence-electron chi connectivity index (χ4n) is 4.23. The molecule has 1 fully saturated rings. The minimum atomic E-state index is -0.332. The number of halogens is 1. The fourth-order valence-corrected chi connectivity index (χ4v) is 4.23. The molecule has 1 N–H and O–H groups in total. The number of aromatic amines is 1. The van der Waals surface area contributed by atoms with Gasteiger partial charge in [-0.25, -0.2) is 4.39 Å². The molecule has 1 unspecified atom stereocenters. The van der Waals surface area contributed by atoms with Crippen molar-refractivity contribution in [2.75, 3.05) is 27.3 Å². The zero-order valence-electron chi connectivity index (χ0n) is 19.3. The predicted molar refractivity (Wildman–Crippen MR) is 125 cm³/mol. The molecule has 9 nitrogen and oxygen atoms in total. The Morgan fingerprint density at radius 1 is 1.11 bits per heavy atom. The van der Waals surface area contributed by atoms with Gasteiger partial charge < -0.3 is 18.8 Å². The summed E-state index contributed by atoms with van der Waals surface area (Å²) < 4.78 is 29.8. The van der Waals surface area contributed by atoms with Crippen LogP contribution in [0.3, 0.4) is 0 Å². The van der Waals surface area contributed by atoms with Gasteiger partial charge in [-0.1, -0.05) is 0 Å². The zero-order valence-corrected chi connectivity index (χ0v) is 19.3. The molecule has 0 saturated carbocycles. The second kappa shape index (κ2) is 9.57. The molecule has 1 saturated heterocycles. The highest BCUT2D eigenvalue weighted by molar-refractivity contribution is 5.93. The van der Waals surface area contributed by atoms with Gasteiger partial charge in [-0.05, 0) is 61.4 Å². The lowest BCUT2D eigenvalue weighted by atomic mass is 9.97. The molecule has 1 aliphatic heterocycles. The minimum Gasteiger partial charge on any atom is -0.497 e. The summed E-state index contributed by atoms with van der Waals surface area (Å²) in [5.41, 5.74) is 2.33. The van der Waals surface area contributed by atoms with E-state index in [0.717, 1.165) is 18.4 Å². The monoisotopic (exact) mass is 477 g/mol. The molecule has 0 bridgehead atoms. The predicted octanol–water partition coefficient (Wildman–Crippen LogP) is 4.30. The van der Waals surface area contributed by atoms with Crippen molar-refractivity contribution in [3.05, 3.63) is 65.9 Å². The molecule has 1 amide bonds. The number of ether oxygens (including phenoxy) is 2. The molecule has 180 valence electrons. The molecular weight excluding hydrogens is 453 g/mol. The molecular formula is C25H24FN5O4. The third-order valence-corrected chi connectivity index (χ3v) is 6.08. The normalized spacial score (nSPS) is 15.7. The van der Waals surface area contributed by atoms with E-state index in [0.29, 0.717) is 53.3 Å². The van der Waals surface area contributed by atoms with Gasteiger partial charge in [0.2, 0.25) is 11.8 Å². The van der Waals surface area contributed by atoms with Crippen LogP contribution in [0, 0.1) is 5.82 Å². The summed E-state index contributed by atoms with van der Waals surface area (Å²) in [6.07, 6.45) is 1.62. The van der Waals surface area contributed by atoms with E-state index in [1.165, 1.54) is 12.1 Å². The number of carbonyl (C=O) groups is 1. The highest BCUT2D eigenvalue weighted by Crippen LogP contribution is 2.33. The van der Waals surface area contributed by atoms with Gasteiger partial charge in [-0.3, -0.25) is 9.89 Å². The van der Waals surface area contributed by atoms with Crippen molar-refractivity contribution in [2.24, 2.45) is 0 Å². The largest absolute Gasteiger partial charge is 0.497 e. The third kappa shape index (κ3) is 4.59. The van der Waals surface area contributed by atoms with E-state index < -0.39 is 0 Å². The maximum absolute atomic E-state index is 13.3. The van der Waals surface area contributed by atoms with E-state index in [1.54, 1.807) is 49.5 Å². The number of nitrogens with zero attached hydrogens (tertiary/aromatic N) is 4. The number of H-pyrrole nitrogens is 1. The first-order valence-electron chi connectivity index (χ1n) is 11.2. The lowest BCUT2D eigenvalue weighted by Gasteiger charge is -2.30. The number of likely N-dealkylation sites (tertiary alicyclic amines) is 1. The van der Waals surface area contributed by atoms with E-state index >= 15 is 0 Å². The molecule has 4 aromatic rings. The molecule has 0 aliphatic carbocycles. The van der Waals surface area contributed by atoms with Crippen LogP contribution in [0.5, 0.6) is 11.5 Å². The van der Waals surface area contributed by atoms with Crippen molar-refractivity contribution in [3.8, 4) is 34.2 Å². The fraction of sp³-hybridized carbons (Fsp3) is 0.280. The Morgan fingerprint density at radius 2 is 1.94 bits per heavy atom. The second-order valence-electron chi connectivity index (χ2n) is 8.28. The van der Waals surface area contributed by atoms with Crippen molar-refractivity contribution in [1.82, 2.24) is 25.3 Å². The number of rotatable bonds is 6. The van der Waals surface area contributed by atoms with Crippen molar-refractivity contribution in [3.63, 3.8) is 0 Å². The van der Waals surface area contributed by atoms with E-state index in [9.17, 15) is 9.18 Å². The van der Waals surface area contributed by atoms with Crippen LogP contribution in [0.25, 0.3) is 22.7 Å². The van der Waals surface area contributed by atoms with Crippen molar-refractivity contribution in [1.29, 1.82) is 0 Å². The van der Waals surface area contributed by atoms with Gasteiger partial charge in [0.15, 0.2) is 0 Å². The Morgan fingerprint density at radius 3 is 2.71 bits per heavy atom. The van der Waals surface area contributed by atoms with Gasteiger partial charge in [-0.2, -0.15) is 5.10 Å². The Hall–Kier alpha value is -4.21. The molecule has 35 heavy (non-hydrogen) atoms. The van der Waals surface area contributed by atoms with Crippen molar-refractivity contribution in [2.45, 2.75) is 18.8 Å². The molecule has 1 atom stereocenters. The van der Waals surface area contributed by atoms with E-state index in [4.69, 9.17) is 13.9 Å². The molecule has 10 heteroatoms. The van der Waals surface area contributed by atoms with Crippen LogP contribution >= 0.6 is 0 Å². The maximum atomic E-state index is 13.3. The number of methoxy groups -OCH3 is 2. The summed E-state index contributed by atoms with van der Waals surface area (Å²) in [7, 11) is 3.17. The third-order valence-electron chi connectivity index (χ3n) is 6.08. The average Bonchev–Trinajstić information content (AvgIpc) is 3.59. The number of benzene rings is 2. The Labute approximate surface area is 200 Å². The maximum Gasteiger partial charge on any atom is 0.271 e. The smallest absolute Gasteiger partial charge is 0.271 e. The van der Waals surface area contributed by atoms with Gasteiger partial charge in [0.25, 0.3) is 5.91 Å². The second-order valence-corrected chi connectivity index (χ2v) is 8.28. The number of aromatic nitrogens is 4. The van der Waals surface area contributed by atoms with Gasteiger partial charge in [0, 0.05) is 24.2 Å². The summed E-state index contributed by atoms with van der Waals surface area (Å²) in [6.45, 7) is 1.06. The van der Waals surface area contributed by atoms with Gasteiger partial charge in [0.05, 0.1) is 25.8 Å². The molecule has 5 rings (SSSR count). The quantitative estimate of drug-likeness (QED) is 0.441. The topological polar surface area (TPSA) is 106 Å². The van der Waals surface area contributed by atoms with E-state index in [2.05, 4.69) is 20.4 Å². The zero-order chi connectivity index (χ0) is 24.4. The minimum absolute atomic E-state index is 0.0877. The summed E-state index contributed by atoms with van der Waals surface area (Å²) >= 11 is 0. The number of hydrogen-bond acceptors (Lipinski definition) is 7. The first-order chi connectivity index (χ1) is 17.1. The SMILES string of the molecule is COc1ccc(OC)c(-c2cc(C(=O)N3CCCC(c4nnc(-c5ccc(F)cc5)o4)C3)[nH]n2)c1. The van der Waals surface area contributed by atoms with Crippen LogP contribution < -0.4 is 9.47 Å². The van der Waals surface area contributed by atoms with Gasteiger partial charge in [-0.15, -0.1) is 10.2 Å². The standard InChI is InChI=1S/C25H24FN5O4/c1-33-18-9-10-22(34-2)19(12-18)20-13-21(28-27-20)25(32)31-11-3-4-16(14-31)24-30-29-23(35-24)15-5-7-17(26)8-6-15/h5-10,12-13,16H,3-4,11,14H2,1-2H3,(H,27,28). The number of nitrogens with one attached hydrogen (secondary N) is 1. The van der Waals surface area contributed by atoms with Crippen molar-refractivity contribution < 1.29 is 23.1 Å². The highest BCUT2D eigenvalue weighted by atomic mass is 19.1. The first-order valence-corrected chi connectivity index (χ1v) is 11.2. The lowest BCUT2D eigenvalue weighted by Crippen LogP contribution is -2.39. The Bertz CT molecular complexity index is 1330. The Balaban J connectivity index is 1.32. The van der Waals surface area contributed by atoms with Crippen LogP contribution in [0.1, 0.15) is 35.1 Å².